The van der Waals surface area contributed by atoms with Crippen molar-refractivity contribution in [3.63, 3.8) is 0 Å². The Labute approximate surface area is 160 Å². The summed E-state index contributed by atoms with van der Waals surface area (Å²) in [5.74, 6) is -0.223. The van der Waals surface area contributed by atoms with E-state index in [4.69, 9.17) is 5.73 Å². The molecule has 0 aromatic heterocycles. The van der Waals surface area contributed by atoms with E-state index in [1.165, 1.54) is 5.56 Å². The van der Waals surface area contributed by atoms with E-state index in [0.29, 0.717) is 11.3 Å². The molecule has 3 rings (SSSR count). The number of benzene rings is 2. The summed E-state index contributed by atoms with van der Waals surface area (Å²) in [6.07, 6.45) is 1.99. The van der Waals surface area contributed by atoms with Crippen LogP contribution < -0.4 is 11.1 Å². The molecule has 5 nitrogen and oxygen atoms in total. The molecule has 3 N–H and O–H groups in total. The molecule has 2 aromatic rings. The van der Waals surface area contributed by atoms with Gasteiger partial charge in [0.15, 0.2) is 0 Å². The van der Waals surface area contributed by atoms with Gasteiger partial charge >= 0.3 is 0 Å². The third-order valence-electron chi connectivity index (χ3n) is 4.51. The molecule has 1 fully saturated rings. The molecule has 1 saturated heterocycles. The minimum absolute atomic E-state index is 0. The van der Waals surface area contributed by atoms with Crippen molar-refractivity contribution in [1.82, 2.24) is 4.90 Å². The van der Waals surface area contributed by atoms with Gasteiger partial charge in [-0.3, -0.25) is 9.59 Å². The quantitative estimate of drug-likeness (QED) is 0.862. The maximum Gasteiger partial charge on any atom is 0.254 e. The van der Waals surface area contributed by atoms with Crippen molar-refractivity contribution >= 4 is 29.9 Å². The Morgan fingerprint density at radius 2 is 1.77 bits per heavy atom. The first-order chi connectivity index (χ1) is 12.1. The highest BCUT2D eigenvalue weighted by Gasteiger charge is 2.30. The molecule has 0 radical (unpaired) electrons. The Balaban J connectivity index is 0.00000243. The van der Waals surface area contributed by atoms with Crippen molar-refractivity contribution in [2.24, 2.45) is 5.73 Å². The van der Waals surface area contributed by atoms with Crippen molar-refractivity contribution < 1.29 is 9.59 Å². The molecule has 1 aliphatic rings. The van der Waals surface area contributed by atoms with Gasteiger partial charge in [-0.25, -0.2) is 0 Å². The van der Waals surface area contributed by atoms with Gasteiger partial charge in [-0.05, 0) is 49.6 Å². The molecule has 0 spiro atoms. The molecule has 0 bridgehead atoms. The second-order valence-corrected chi connectivity index (χ2v) is 6.42. The number of amides is 2. The smallest absolute Gasteiger partial charge is 0.254 e. The average Bonchev–Trinajstić information content (AvgIpc) is 3.12. The fraction of sp³-hybridized carbons (Fsp3) is 0.300. The van der Waals surface area contributed by atoms with Gasteiger partial charge in [0, 0.05) is 17.8 Å². The fourth-order valence-corrected chi connectivity index (χ4v) is 3.15. The Kier molecular flexibility index (Phi) is 6.77. The van der Waals surface area contributed by atoms with Crippen LogP contribution in [0.25, 0.3) is 0 Å². The number of likely N-dealkylation sites (tertiary alicyclic amines) is 1. The molecule has 0 saturated carbocycles. The van der Waals surface area contributed by atoms with Crippen LogP contribution in [0.2, 0.25) is 0 Å². The molecule has 138 valence electrons. The Morgan fingerprint density at radius 3 is 2.38 bits per heavy atom. The lowest BCUT2D eigenvalue weighted by atomic mass is 10.0. The highest BCUT2D eigenvalue weighted by molar-refractivity contribution is 5.97. The van der Waals surface area contributed by atoms with Crippen molar-refractivity contribution in [3.8, 4) is 0 Å². The zero-order valence-electron chi connectivity index (χ0n) is 14.7. The van der Waals surface area contributed by atoms with Crippen LogP contribution in [-0.4, -0.2) is 29.3 Å². The molecule has 2 amide bonds. The lowest BCUT2D eigenvalue weighted by molar-refractivity contribution is -0.117. The first-order valence-electron chi connectivity index (χ1n) is 8.58. The molecule has 2 atom stereocenters. The molecule has 26 heavy (non-hydrogen) atoms. The third-order valence-corrected chi connectivity index (χ3v) is 4.51. The maximum absolute atomic E-state index is 12.9. The number of nitrogens with one attached hydrogen (secondary N) is 1. The van der Waals surface area contributed by atoms with E-state index in [-0.39, 0.29) is 30.3 Å². The van der Waals surface area contributed by atoms with Gasteiger partial charge in [0.25, 0.3) is 5.91 Å². The van der Waals surface area contributed by atoms with Gasteiger partial charge < -0.3 is 16.0 Å². The zero-order chi connectivity index (χ0) is 17.8. The van der Waals surface area contributed by atoms with Crippen LogP contribution in [0.3, 0.4) is 0 Å². The predicted molar refractivity (Wildman–Crippen MR) is 105 cm³/mol. The highest BCUT2D eigenvalue weighted by atomic mass is 35.5. The predicted octanol–water partition coefficient (Wildman–Crippen LogP) is 3.37. The summed E-state index contributed by atoms with van der Waals surface area (Å²) in [7, 11) is 0. The number of hydrogen-bond acceptors (Lipinski definition) is 3. The number of hydrogen-bond donors (Lipinski definition) is 2. The normalized spacial score (nSPS) is 17.3. The molecule has 1 unspecified atom stereocenters. The standard InChI is InChI=1S/C20H23N3O2.ClH/c1-14(21)19(24)22-17-11-9-16(10-12-17)20(25)23-13-5-8-18(23)15-6-3-2-4-7-15;/h2-4,6-7,9-12,14,18H,5,8,13,21H2,1H3,(H,22,24);1H/t14-,18?;/m0./s1. The molecule has 1 heterocycles. The van der Waals surface area contributed by atoms with Crippen LogP contribution >= 0.6 is 12.4 Å². The third kappa shape index (κ3) is 4.42. The summed E-state index contributed by atoms with van der Waals surface area (Å²) in [4.78, 5) is 26.5. The van der Waals surface area contributed by atoms with Gasteiger partial charge in [0.2, 0.25) is 5.91 Å². The molecule has 0 aliphatic carbocycles. The largest absolute Gasteiger partial charge is 0.332 e. The van der Waals surface area contributed by atoms with Crippen molar-refractivity contribution in [3.05, 3.63) is 65.7 Å². The first kappa shape index (κ1) is 19.9. The minimum atomic E-state index is -0.572. The summed E-state index contributed by atoms with van der Waals surface area (Å²) in [5, 5.41) is 2.72. The lowest BCUT2D eigenvalue weighted by Gasteiger charge is -2.25. The number of carbonyl (C=O) groups excluding carboxylic acids is 2. The first-order valence-corrected chi connectivity index (χ1v) is 8.58. The summed E-state index contributed by atoms with van der Waals surface area (Å²) in [6.45, 7) is 2.39. The number of halogens is 1. The van der Waals surface area contributed by atoms with Crippen LogP contribution in [0.15, 0.2) is 54.6 Å². The lowest BCUT2D eigenvalue weighted by Crippen LogP contribution is -2.32. The molecular formula is C20H24ClN3O2. The average molecular weight is 374 g/mol. The Morgan fingerprint density at radius 1 is 1.12 bits per heavy atom. The van der Waals surface area contributed by atoms with Crippen molar-refractivity contribution in [1.29, 1.82) is 0 Å². The van der Waals surface area contributed by atoms with Crippen molar-refractivity contribution in [2.75, 3.05) is 11.9 Å². The number of nitrogens with zero attached hydrogens (tertiary/aromatic N) is 1. The summed E-state index contributed by atoms with van der Waals surface area (Å²) in [6, 6.07) is 16.7. The van der Waals surface area contributed by atoms with E-state index >= 15 is 0 Å². The summed E-state index contributed by atoms with van der Waals surface area (Å²) < 4.78 is 0. The Hall–Kier alpha value is -2.37. The number of carbonyl (C=O) groups is 2. The summed E-state index contributed by atoms with van der Waals surface area (Å²) in [5.41, 5.74) is 7.98. The second-order valence-electron chi connectivity index (χ2n) is 6.42. The number of rotatable bonds is 4. The molecular weight excluding hydrogens is 350 g/mol. The molecule has 6 heteroatoms. The van der Waals surface area contributed by atoms with Gasteiger partial charge in [0.1, 0.15) is 0 Å². The summed E-state index contributed by atoms with van der Waals surface area (Å²) >= 11 is 0. The van der Waals surface area contributed by atoms with Crippen LogP contribution in [-0.2, 0) is 4.79 Å². The van der Waals surface area contributed by atoms with Gasteiger partial charge in [-0.1, -0.05) is 30.3 Å². The molecule has 2 aromatic carbocycles. The van der Waals surface area contributed by atoms with Crippen LogP contribution in [0.1, 0.15) is 41.7 Å². The van der Waals surface area contributed by atoms with Crippen LogP contribution in [0.5, 0.6) is 0 Å². The van der Waals surface area contributed by atoms with Gasteiger partial charge in [0.05, 0.1) is 12.1 Å². The van der Waals surface area contributed by atoms with E-state index in [1.807, 2.05) is 23.1 Å². The maximum atomic E-state index is 12.9. The SMILES string of the molecule is C[C@H](N)C(=O)Nc1ccc(C(=O)N2CCCC2c2ccccc2)cc1.Cl. The molecule has 1 aliphatic heterocycles. The Bertz CT molecular complexity index is 747. The van der Waals surface area contributed by atoms with E-state index in [9.17, 15) is 9.59 Å². The van der Waals surface area contributed by atoms with Crippen LogP contribution in [0, 0.1) is 0 Å². The second kappa shape index (κ2) is 8.83. The van der Waals surface area contributed by atoms with Crippen LogP contribution in [0.4, 0.5) is 5.69 Å². The van der Waals surface area contributed by atoms with E-state index in [0.717, 1.165) is 19.4 Å². The highest BCUT2D eigenvalue weighted by Crippen LogP contribution is 2.33. The fourth-order valence-electron chi connectivity index (χ4n) is 3.15. The van der Waals surface area contributed by atoms with Gasteiger partial charge in [-0.15, -0.1) is 12.4 Å². The van der Waals surface area contributed by atoms with E-state index in [1.54, 1.807) is 31.2 Å². The monoisotopic (exact) mass is 373 g/mol. The van der Waals surface area contributed by atoms with Crippen molar-refractivity contribution in [2.45, 2.75) is 31.8 Å². The zero-order valence-corrected chi connectivity index (χ0v) is 15.5. The number of nitrogens with two attached hydrogens (primary N) is 1. The van der Waals surface area contributed by atoms with E-state index < -0.39 is 6.04 Å². The minimum Gasteiger partial charge on any atom is -0.332 e. The number of anilines is 1. The van der Waals surface area contributed by atoms with Gasteiger partial charge in [-0.2, -0.15) is 0 Å². The van der Waals surface area contributed by atoms with E-state index in [2.05, 4.69) is 17.4 Å². The topological polar surface area (TPSA) is 75.4 Å².